The molecule has 6 heteroatoms. The fraction of sp³-hybridized carbons (Fsp3) is 0.167. The minimum Gasteiger partial charge on any atom is -0.329 e. The van der Waals surface area contributed by atoms with Crippen molar-refractivity contribution in [2.24, 2.45) is 5.73 Å². The zero-order valence-corrected chi connectivity index (χ0v) is 15.6. The third kappa shape index (κ3) is 5.33. The number of nitrogens with zero attached hydrogens (tertiary/aromatic N) is 1. The van der Waals surface area contributed by atoms with E-state index in [2.05, 4.69) is 41.7 Å². The van der Waals surface area contributed by atoms with Crippen LogP contribution in [0.1, 0.15) is 5.56 Å². The fourth-order valence-electron chi connectivity index (χ4n) is 2.48. The van der Waals surface area contributed by atoms with Crippen LogP contribution in [-0.2, 0) is 6.54 Å². The Labute approximate surface area is 161 Å². The number of halogens is 3. The van der Waals surface area contributed by atoms with Crippen LogP contribution in [0.3, 0.4) is 0 Å². The molecule has 0 radical (unpaired) electrons. The minimum atomic E-state index is 0. The van der Waals surface area contributed by atoms with Gasteiger partial charge in [-0.25, -0.2) is 4.98 Å². The van der Waals surface area contributed by atoms with Gasteiger partial charge in [-0.2, -0.15) is 0 Å². The van der Waals surface area contributed by atoms with Crippen LogP contribution < -0.4 is 11.1 Å². The number of fused-ring (bicyclic) bond motifs is 1. The zero-order valence-electron chi connectivity index (χ0n) is 13.1. The number of pyridine rings is 1. The number of hydrogen-bond acceptors (Lipinski definition) is 3. The standard InChI is InChI=1S/C18H19N3.3ClH/c19-10-11-20-13-15-12-18(14-6-2-1-3-7-14)21-17-9-5-4-8-16(15)17;;;/h1-9,12,20H,10-11,13,19H2;3*1H. The molecule has 2 aromatic carbocycles. The second-order valence-corrected chi connectivity index (χ2v) is 5.02. The first-order valence-corrected chi connectivity index (χ1v) is 7.23. The van der Waals surface area contributed by atoms with Gasteiger partial charge in [0.05, 0.1) is 11.2 Å². The lowest BCUT2D eigenvalue weighted by molar-refractivity contribution is 0.697. The van der Waals surface area contributed by atoms with E-state index in [0.717, 1.165) is 29.9 Å². The predicted molar refractivity (Wildman–Crippen MR) is 110 cm³/mol. The van der Waals surface area contributed by atoms with E-state index in [-0.39, 0.29) is 37.2 Å². The van der Waals surface area contributed by atoms with Crippen molar-refractivity contribution in [1.29, 1.82) is 0 Å². The Morgan fingerprint density at radius 1 is 0.875 bits per heavy atom. The Bertz CT molecular complexity index is 736. The molecule has 0 atom stereocenters. The summed E-state index contributed by atoms with van der Waals surface area (Å²) in [7, 11) is 0. The van der Waals surface area contributed by atoms with E-state index < -0.39 is 0 Å². The fourth-order valence-corrected chi connectivity index (χ4v) is 2.48. The summed E-state index contributed by atoms with van der Waals surface area (Å²) in [5.74, 6) is 0. The van der Waals surface area contributed by atoms with Gasteiger partial charge >= 0.3 is 0 Å². The lowest BCUT2D eigenvalue weighted by atomic mass is 10.0. The molecule has 3 nitrogen and oxygen atoms in total. The molecule has 0 bridgehead atoms. The molecule has 0 spiro atoms. The average molecular weight is 387 g/mol. The topological polar surface area (TPSA) is 50.9 Å². The molecule has 24 heavy (non-hydrogen) atoms. The van der Waals surface area contributed by atoms with Crippen molar-refractivity contribution >= 4 is 48.1 Å². The van der Waals surface area contributed by atoms with Gasteiger partial charge in [-0.15, -0.1) is 37.2 Å². The first-order valence-electron chi connectivity index (χ1n) is 7.23. The molecule has 130 valence electrons. The monoisotopic (exact) mass is 385 g/mol. The van der Waals surface area contributed by atoms with Crippen LogP contribution >= 0.6 is 37.2 Å². The van der Waals surface area contributed by atoms with Gasteiger partial charge in [0.15, 0.2) is 0 Å². The van der Waals surface area contributed by atoms with Gasteiger partial charge in [0.1, 0.15) is 0 Å². The van der Waals surface area contributed by atoms with Crippen LogP contribution in [0.4, 0.5) is 0 Å². The lowest BCUT2D eigenvalue weighted by Crippen LogP contribution is -2.22. The molecule has 0 saturated heterocycles. The molecule has 0 amide bonds. The van der Waals surface area contributed by atoms with Gasteiger partial charge in [-0.3, -0.25) is 0 Å². The molecule has 3 N–H and O–H groups in total. The molecule has 3 aromatic rings. The van der Waals surface area contributed by atoms with E-state index in [1.807, 2.05) is 24.3 Å². The van der Waals surface area contributed by atoms with Gasteiger partial charge in [-0.1, -0.05) is 48.5 Å². The summed E-state index contributed by atoms with van der Waals surface area (Å²) in [5, 5.41) is 4.57. The maximum absolute atomic E-state index is 5.55. The predicted octanol–water partition coefficient (Wildman–Crippen LogP) is 4.22. The number of benzene rings is 2. The van der Waals surface area contributed by atoms with E-state index in [4.69, 9.17) is 10.7 Å². The Hall–Kier alpha value is -1.36. The molecule has 0 saturated carbocycles. The SMILES string of the molecule is Cl.Cl.Cl.NCCNCc1cc(-c2ccccc2)nc2ccccc12. The summed E-state index contributed by atoms with van der Waals surface area (Å²) < 4.78 is 0. The lowest BCUT2D eigenvalue weighted by Gasteiger charge is -2.10. The summed E-state index contributed by atoms with van der Waals surface area (Å²) in [6, 6.07) is 20.7. The van der Waals surface area contributed by atoms with Gasteiger partial charge in [0.2, 0.25) is 0 Å². The van der Waals surface area contributed by atoms with E-state index in [9.17, 15) is 0 Å². The van der Waals surface area contributed by atoms with Crippen molar-refractivity contribution in [2.45, 2.75) is 6.54 Å². The quantitative estimate of drug-likeness (QED) is 0.646. The normalized spacial score (nSPS) is 9.54. The molecule has 0 aliphatic rings. The summed E-state index contributed by atoms with van der Waals surface area (Å²) in [6.45, 7) is 2.27. The smallest absolute Gasteiger partial charge is 0.0712 e. The summed E-state index contributed by atoms with van der Waals surface area (Å²) >= 11 is 0. The average Bonchev–Trinajstić information content (AvgIpc) is 2.55. The first kappa shape index (κ1) is 22.6. The molecule has 0 unspecified atom stereocenters. The van der Waals surface area contributed by atoms with Crippen LogP contribution in [0.15, 0.2) is 60.7 Å². The third-order valence-electron chi connectivity index (χ3n) is 3.51. The number of para-hydroxylation sites is 1. The molecule has 3 rings (SSSR count). The maximum Gasteiger partial charge on any atom is 0.0712 e. The van der Waals surface area contributed by atoms with Crippen molar-refractivity contribution in [3.05, 3.63) is 66.2 Å². The maximum atomic E-state index is 5.55. The molecular formula is C18H22Cl3N3. The van der Waals surface area contributed by atoms with Crippen LogP contribution in [0.2, 0.25) is 0 Å². The Balaban J connectivity index is 0.00000176. The second-order valence-electron chi connectivity index (χ2n) is 5.02. The highest BCUT2D eigenvalue weighted by Gasteiger charge is 2.06. The van der Waals surface area contributed by atoms with Crippen LogP contribution in [-0.4, -0.2) is 18.1 Å². The van der Waals surface area contributed by atoms with Crippen LogP contribution in [0, 0.1) is 0 Å². The van der Waals surface area contributed by atoms with Crippen molar-refractivity contribution in [1.82, 2.24) is 10.3 Å². The molecule has 0 fully saturated rings. The van der Waals surface area contributed by atoms with Gasteiger partial charge < -0.3 is 11.1 Å². The summed E-state index contributed by atoms with van der Waals surface area (Å²) in [6.07, 6.45) is 0. The Morgan fingerprint density at radius 3 is 2.25 bits per heavy atom. The van der Waals surface area contributed by atoms with E-state index in [0.29, 0.717) is 6.54 Å². The van der Waals surface area contributed by atoms with E-state index in [1.54, 1.807) is 0 Å². The van der Waals surface area contributed by atoms with Crippen LogP contribution in [0.5, 0.6) is 0 Å². The molecule has 1 aromatic heterocycles. The van der Waals surface area contributed by atoms with Gasteiger partial charge in [0, 0.05) is 30.6 Å². The van der Waals surface area contributed by atoms with E-state index in [1.165, 1.54) is 10.9 Å². The van der Waals surface area contributed by atoms with Crippen molar-refractivity contribution in [3.8, 4) is 11.3 Å². The number of nitrogens with two attached hydrogens (primary N) is 1. The Kier molecular flexibility index (Phi) is 10.6. The Morgan fingerprint density at radius 2 is 1.54 bits per heavy atom. The first-order chi connectivity index (χ1) is 10.4. The number of aromatic nitrogens is 1. The number of hydrogen-bond donors (Lipinski definition) is 2. The summed E-state index contributed by atoms with van der Waals surface area (Å²) in [4.78, 5) is 4.78. The third-order valence-corrected chi connectivity index (χ3v) is 3.51. The molecule has 1 heterocycles. The zero-order chi connectivity index (χ0) is 14.5. The van der Waals surface area contributed by atoms with Crippen molar-refractivity contribution in [2.75, 3.05) is 13.1 Å². The largest absolute Gasteiger partial charge is 0.329 e. The highest BCUT2D eigenvalue weighted by molar-refractivity contribution is 5.86. The number of rotatable bonds is 5. The summed E-state index contributed by atoms with van der Waals surface area (Å²) in [5.41, 5.74) is 9.99. The minimum absolute atomic E-state index is 0. The number of nitrogens with one attached hydrogen (secondary N) is 1. The second kappa shape index (κ2) is 11.2. The van der Waals surface area contributed by atoms with Gasteiger partial charge in [0.25, 0.3) is 0 Å². The highest BCUT2D eigenvalue weighted by atomic mass is 35.5. The van der Waals surface area contributed by atoms with Crippen LogP contribution in [0.25, 0.3) is 22.2 Å². The molecular weight excluding hydrogens is 365 g/mol. The molecule has 0 aliphatic carbocycles. The van der Waals surface area contributed by atoms with Gasteiger partial charge in [-0.05, 0) is 17.7 Å². The van der Waals surface area contributed by atoms with Crippen molar-refractivity contribution < 1.29 is 0 Å². The highest BCUT2D eigenvalue weighted by Crippen LogP contribution is 2.24. The van der Waals surface area contributed by atoms with E-state index >= 15 is 0 Å². The molecule has 0 aliphatic heterocycles. The van der Waals surface area contributed by atoms with Crippen molar-refractivity contribution in [3.63, 3.8) is 0 Å².